The van der Waals surface area contributed by atoms with Crippen LogP contribution in [0.25, 0.3) is 16.2 Å². The van der Waals surface area contributed by atoms with Gasteiger partial charge in [0.2, 0.25) is 0 Å². The summed E-state index contributed by atoms with van der Waals surface area (Å²) < 4.78 is 7.50. The maximum atomic E-state index is 13.0. The number of aliphatic hydroxyl groups excluding tert-OH is 1. The number of hydrogen-bond donors (Lipinski definition) is 1. The van der Waals surface area contributed by atoms with Crippen LogP contribution in [0.3, 0.4) is 0 Å². The van der Waals surface area contributed by atoms with E-state index in [4.69, 9.17) is 16.3 Å². The lowest BCUT2D eigenvalue weighted by molar-refractivity contribution is -0.0394. The maximum Gasteiger partial charge on any atom is 0.271 e. The number of hydrogen-bond acceptors (Lipinski definition) is 5. The summed E-state index contributed by atoms with van der Waals surface area (Å²) >= 11 is 7.67. The molecule has 0 spiro atoms. The quantitative estimate of drug-likeness (QED) is 0.723. The van der Waals surface area contributed by atoms with E-state index in [-0.39, 0.29) is 24.7 Å². The Morgan fingerprint density at radius 3 is 2.89 bits per heavy atom. The minimum atomic E-state index is -0.674. The van der Waals surface area contributed by atoms with Crippen molar-refractivity contribution in [2.75, 3.05) is 13.1 Å². The van der Waals surface area contributed by atoms with E-state index in [2.05, 4.69) is 4.98 Å². The Balaban J connectivity index is 1.61. The van der Waals surface area contributed by atoms with Crippen LogP contribution in [-0.4, -0.2) is 56.7 Å². The van der Waals surface area contributed by atoms with E-state index in [1.807, 2.05) is 44.3 Å². The molecule has 3 heterocycles. The van der Waals surface area contributed by atoms with Crippen LogP contribution in [0.5, 0.6) is 0 Å². The van der Waals surface area contributed by atoms with Crippen LogP contribution in [-0.2, 0) is 4.74 Å². The fourth-order valence-corrected chi connectivity index (χ4v) is 4.38. The van der Waals surface area contributed by atoms with E-state index in [1.54, 1.807) is 14.7 Å². The van der Waals surface area contributed by atoms with Gasteiger partial charge in [0.25, 0.3) is 5.91 Å². The van der Waals surface area contributed by atoms with Gasteiger partial charge < -0.3 is 14.7 Å². The van der Waals surface area contributed by atoms with E-state index < -0.39 is 6.10 Å². The summed E-state index contributed by atoms with van der Waals surface area (Å²) in [4.78, 5) is 20.0. The van der Waals surface area contributed by atoms with E-state index >= 15 is 0 Å². The number of benzene rings is 1. The molecule has 1 aromatic carbocycles. The molecule has 2 aromatic heterocycles. The van der Waals surface area contributed by atoms with Crippen LogP contribution >= 0.6 is 22.9 Å². The second-order valence-electron chi connectivity index (χ2n) is 6.88. The van der Waals surface area contributed by atoms with Crippen molar-refractivity contribution in [2.45, 2.75) is 32.2 Å². The number of rotatable bonds is 4. The number of β-amino-alcohol motifs (C(OH)–C–C–N with tert-alkyl or cyclic N) is 1. The van der Waals surface area contributed by atoms with Crippen molar-refractivity contribution < 1.29 is 14.6 Å². The Hall–Kier alpha value is -1.93. The van der Waals surface area contributed by atoms with Crippen LogP contribution < -0.4 is 0 Å². The van der Waals surface area contributed by atoms with Crippen LogP contribution in [0, 0.1) is 0 Å². The van der Waals surface area contributed by atoms with Gasteiger partial charge in [-0.15, -0.1) is 11.3 Å². The van der Waals surface area contributed by atoms with Crippen molar-refractivity contribution in [1.82, 2.24) is 14.3 Å². The van der Waals surface area contributed by atoms with Gasteiger partial charge in [0.15, 0.2) is 4.96 Å². The summed E-state index contributed by atoms with van der Waals surface area (Å²) in [7, 11) is 0. The van der Waals surface area contributed by atoms with Crippen molar-refractivity contribution in [3.63, 3.8) is 0 Å². The number of imidazole rings is 1. The van der Waals surface area contributed by atoms with Gasteiger partial charge >= 0.3 is 0 Å². The first-order valence-electron chi connectivity index (χ1n) is 8.78. The predicted octanol–water partition coefficient (Wildman–Crippen LogP) is 3.33. The van der Waals surface area contributed by atoms with Crippen LogP contribution in [0.2, 0.25) is 5.02 Å². The number of carbonyl (C=O) groups is 1. The zero-order chi connectivity index (χ0) is 19.1. The van der Waals surface area contributed by atoms with Gasteiger partial charge in [-0.3, -0.25) is 9.20 Å². The van der Waals surface area contributed by atoms with E-state index in [0.29, 0.717) is 17.3 Å². The van der Waals surface area contributed by atoms with Gasteiger partial charge in [0.1, 0.15) is 11.8 Å². The zero-order valence-corrected chi connectivity index (χ0v) is 16.6. The largest absolute Gasteiger partial charge is 0.388 e. The molecule has 1 fully saturated rings. The summed E-state index contributed by atoms with van der Waals surface area (Å²) in [6.45, 7) is 4.48. The molecule has 142 valence electrons. The number of halogens is 1. The SMILES string of the molecule is CC(C)O[C@@H]1CN(C(=O)c2csc3nc(-c4ccccc4Cl)cn23)C[C@H]1O. The Kier molecular flexibility index (Phi) is 4.94. The fourth-order valence-electron chi connectivity index (χ4n) is 3.30. The van der Waals surface area contributed by atoms with Gasteiger partial charge in [-0.25, -0.2) is 4.98 Å². The first-order chi connectivity index (χ1) is 12.9. The van der Waals surface area contributed by atoms with Crippen LogP contribution in [0.1, 0.15) is 24.3 Å². The highest BCUT2D eigenvalue weighted by Crippen LogP contribution is 2.29. The minimum absolute atomic E-state index is 0.000570. The molecule has 1 N–H and O–H groups in total. The van der Waals surface area contributed by atoms with Gasteiger partial charge in [-0.05, 0) is 19.9 Å². The molecule has 1 aliphatic heterocycles. The summed E-state index contributed by atoms with van der Waals surface area (Å²) in [5.41, 5.74) is 2.08. The van der Waals surface area contributed by atoms with Crippen molar-refractivity contribution in [1.29, 1.82) is 0 Å². The third-order valence-corrected chi connectivity index (χ3v) is 5.72. The molecule has 0 bridgehead atoms. The summed E-state index contributed by atoms with van der Waals surface area (Å²) in [6.07, 6.45) is 0.797. The number of amides is 1. The number of fused-ring (bicyclic) bond motifs is 1. The average Bonchev–Trinajstić information content (AvgIpc) is 3.29. The highest BCUT2D eigenvalue weighted by Gasteiger charge is 2.36. The number of thiazole rings is 1. The molecule has 0 saturated carbocycles. The van der Waals surface area contributed by atoms with E-state index in [1.165, 1.54) is 11.3 Å². The second kappa shape index (κ2) is 7.24. The Labute approximate surface area is 166 Å². The van der Waals surface area contributed by atoms with Crippen LogP contribution in [0.15, 0.2) is 35.8 Å². The van der Waals surface area contributed by atoms with E-state index in [0.717, 1.165) is 16.2 Å². The molecule has 0 unspecified atom stereocenters. The molecule has 4 rings (SSSR count). The predicted molar refractivity (Wildman–Crippen MR) is 105 cm³/mol. The molecule has 8 heteroatoms. The lowest BCUT2D eigenvalue weighted by atomic mass is 10.2. The Morgan fingerprint density at radius 1 is 1.37 bits per heavy atom. The highest BCUT2D eigenvalue weighted by atomic mass is 35.5. The normalized spacial score (nSPS) is 20.1. The highest BCUT2D eigenvalue weighted by molar-refractivity contribution is 7.15. The second-order valence-corrected chi connectivity index (χ2v) is 8.12. The molecule has 0 aliphatic carbocycles. The molecule has 1 amide bonds. The van der Waals surface area contributed by atoms with E-state index in [9.17, 15) is 9.90 Å². The van der Waals surface area contributed by atoms with Gasteiger partial charge in [0.05, 0.1) is 22.9 Å². The Morgan fingerprint density at radius 2 is 2.15 bits per heavy atom. The minimum Gasteiger partial charge on any atom is -0.388 e. The number of likely N-dealkylation sites (tertiary alicyclic amines) is 1. The van der Waals surface area contributed by atoms with Gasteiger partial charge in [-0.2, -0.15) is 0 Å². The third-order valence-electron chi connectivity index (χ3n) is 4.55. The third kappa shape index (κ3) is 3.48. The number of aromatic nitrogens is 2. The van der Waals surface area contributed by atoms with Crippen molar-refractivity contribution in [3.05, 3.63) is 46.6 Å². The molecular formula is C19H20ClN3O3S. The standard InChI is InChI=1S/C19H20ClN3O3S/c1-11(2)26-17-9-22(8-16(17)24)18(25)15-10-27-19-21-14(7-23(15)19)12-5-3-4-6-13(12)20/h3-7,10-11,16-17,24H,8-9H2,1-2H3/t16-,17-/m1/s1. The summed E-state index contributed by atoms with van der Waals surface area (Å²) in [5, 5.41) is 12.6. The first-order valence-corrected chi connectivity index (χ1v) is 10.0. The molecule has 1 aliphatic rings. The van der Waals surface area contributed by atoms with Crippen LogP contribution in [0.4, 0.5) is 0 Å². The zero-order valence-electron chi connectivity index (χ0n) is 15.0. The summed E-state index contributed by atoms with van der Waals surface area (Å²) in [6, 6.07) is 7.49. The maximum absolute atomic E-state index is 13.0. The number of nitrogens with zero attached hydrogens (tertiary/aromatic N) is 3. The molecule has 6 nitrogen and oxygen atoms in total. The lowest BCUT2D eigenvalue weighted by Crippen LogP contribution is -2.31. The fraction of sp³-hybridized carbons (Fsp3) is 0.368. The molecule has 0 radical (unpaired) electrons. The monoisotopic (exact) mass is 405 g/mol. The lowest BCUT2D eigenvalue weighted by Gasteiger charge is -2.18. The first kappa shape index (κ1) is 18.4. The van der Waals surface area contributed by atoms with Crippen molar-refractivity contribution >= 4 is 33.8 Å². The molecular weight excluding hydrogens is 386 g/mol. The molecule has 1 saturated heterocycles. The topological polar surface area (TPSA) is 67.1 Å². The number of aliphatic hydroxyl groups is 1. The molecule has 2 atom stereocenters. The smallest absolute Gasteiger partial charge is 0.271 e. The number of ether oxygens (including phenoxy) is 1. The molecule has 27 heavy (non-hydrogen) atoms. The van der Waals surface area contributed by atoms with Gasteiger partial charge in [0, 0.05) is 30.2 Å². The summed E-state index contributed by atoms with van der Waals surface area (Å²) in [5.74, 6) is -0.140. The van der Waals surface area contributed by atoms with Crippen molar-refractivity contribution in [3.8, 4) is 11.3 Å². The average molecular weight is 406 g/mol. The van der Waals surface area contributed by atoms with Crippen molar-refractivity contribution in [2.24, 2.45) is 0 Å². The Bertz CT molecular complexity index is 984. The molecule has 3 aromatic rings. The number of carbonyl (C=O) groups excluding carboxylic acids is 1. The van der Waals surface area contributed by atoms with Gasteiger partial charge in [-0.1, -0.05) is 29.8 Å².